The Balaban J connectivity index is 1.64. The minimum Gasteiger partial charge on any atom is -0.289 e. The average Bonchev–Trinajstić information content (AvgIpc) is 3.04. The molecule has 0 radical (unpaired) electrons. The second-order valence-electron chi connectivity index (χ2n) is 4.17. The van der Waals surface area contributed by atoms with Gasteiger partial charge in [0.2, 0.25) is 0 Å². The highest BCUT2D eigenvalue weighted by atomic mass is 35.5. The second-order valence-corrected chi connectivity index (χ2v) is 4.60. The number of imidazole rings is 1. The van der Waals surface area contributed by atoms with Gasteiger partial charge in [-0.2, -0.15) is 5.10 Å². The molecule has 0 spiro atoms. The Morgan fingerprint density at radius 1 is 1.10 bits per heavy atom. The lowest BCUT2D eigenvalue weighted by Crippen LogP contribution is -2.00. The fraction of sp³-hybridized carbons (Fsp3) is 0. The van der Waals surface area contributed by atoms with Gasteiger partial charge in [0.05, 0.1) is 6.21 Å². The van der Waals surface area contributed by atoms with Gasteiger partial charge in [0, 0.05) is 17.4 Å². The molecular weight excluding hydrogens is 288 g/mol. The molecule has 1 N–H and O–H groups in total. The first-order valence-corrected chi connectivity index (χ1v) is 6.56. The summed E-state index contributed by atoms with van der Waals surface area (Å²) in [5, 5.41) is 12.9. The van der Waals surface area contributed by atoms with E-state index in [2.05, 4.69) is 25.7 Å². The zero-order valence-electron chi connectivity index (χ0n) is 10.9. The second kappa shape index (κ2) is 6.15. The van der Waals surface area contributed by atoms with Gasteiger partial charge < -0.3 is 0 Å². The maximum Gasteiger partial charge on any atom is 0.168 e. The van der Waals surface area contributed by atoms with Crippen LogP contribution in [0.15, 0.2) is 60.2 Å². The fourth-order valence-corrected chi connectivity index (χ4v) is 1.76. The Labute approximate surface area is 126 Å². The van der Waals surface area contributed by atoms with E-state index in [0.717, 1.165) is 5.56 Å². The van der Waals surface area contributed by atoms with E-state index in [1.165, 1.54) is 0 Å². The van der Waals surface area contributed by atoms with Crippen molar-refractivity contribution in [1.82, 2.24) is 19.7 Å². The van der Waals surface area contributed by atoms with Crippen LogP contribution in [0.1, 0.15) is 5.56 Å². The number of benzene rings is 1. The Hall–Kier alpha value is -2.73. The SMILES string of the molecule is Clc1ccc(C=NNc2ccc(-n3ccnc3)nn2)cc1. The maximum atomic E-state index is 5.81. The molecule has 0 saturated heterocycles. The largest absolute Gasteiger partial charge is 0.289 e. The summed E-state index contributed by atoms with van der Waals surface area (Å²) in [5.74, 6) is 1.25. The fourth-order valence-electron chi connectivity index (χ4n) is 1.64. The molecule has 0 aliphatic heterocycles. The molecule has 21 heavy (non-hydrogen) atoms. The third-order valence-electron chi connectivity index (χ3n) is 2.68. The molecule has 0 fully saturated rings. The minimum atomic E-state index is 0.559. The van der Waals surface area contributed by atoms with E-state index in [1.807, 2.05) is 30.3 Å². The van der Waals surface area contributed by atoms with Gasteiger partial charge in [0.15, 0.2) is 11.6 Å². The van der Waals surface area contributed by atoms with Gasteiger partial charge in [-0.05, 0) is 29.8 Å². The number of hydrogen-bond acceptors (Lipinski definition) is 5. The van der Waals surface area contributed by atoms with Crippen molar-refractivity contribution < 1.29 is 0 Å². The number of hydrazone groups is 1. The van der Waals surface area contributed by atoms with Crippen molar-refractivity contribution in [3.63, 3.8) is 0 Å². The molecule has 6 nitrogen and oxygen atoms in total. The Morgan fingerprint density at radius 2 is 1.95 bits per heavy atom. The van der Waals surface area contributed by atoms with Crippen LogP contribution in [0.4, 0.5) is 5.82 Å². The topological polar surface area (TPSA) is 68.0 Å². The highest BCUT2D eigenvalue weighted by molar-refractivity contribution is 6.30. The number of nitrogens with one attached hydrogen (secondary N) is 1. The summed E-state index contributed by atoms with van der Waals surface area (Å²) in [6, 6.07) is 11.0. The highest BCUT2D eigenvalue weighted by Crippen LogP contribution is 2.08. The first kappa shape index (κ1) is 13.3. The zero-order chi connectivity index (χ0) is 14.5. The third-order valence-corrected chi connectivity index (χ3v) is 2.93. The van der Waals surface area contributed by atoms with Gasteiger partial charge in [0.25, 0.3) is 0 Å². The Bertz CT molecular complexity index is 719. The number of rotatable bonds is 4. The highest BCUT2D eigenvalue weighted by Gasteiger charge is 1.98. The summed E-state index contributed by atoms with van der Waals surface area (Å²) < 4.78 is 1.77. The maximum absolute atomic E-state index is 5.81. The van der Waals surface area contributed by atoms with Crippen molar-refractivity contribution in [2.45, 2.75) is 0 Å². The van der Waals surface area contributed by atoms with E-state index in [-0.39, 0.29) is 0 Å². The molecule has 0 aliphatic rings. The first-order valence-electron chi connectivity index (χ1n) is 6.18. The van der Waals surface area contributed by atoms with Crippen molar-refractivity contribution in [3.05, 3.63) is 65.7 Å². The molecule has 0 amide bonds. The Morgan fingerprint density at radius 3 is 2.62 bits per heavy atom. The van der Waals surface area contributed by atoms with E-state index < -0.39 is 0 Å². The van der Waals surface area contributed by atoms with Crippen molar-refractivity contribution >= 4 is 23.6 Å². The molecule has 7 heteroatoms. The average molecular weight is 299 g/mol. The third kappa shape index (κ3) is 3.43. The summed E-state index contributed by atoms with van der Waals surface area (Å²) in [5.41, 5.74) is 3.76. The van der Waals surface area contributed by atoms with Crippen LogP contribution in [0.5, 0.6) is 0 Å². The van der Waals surface area contributed by atoms with Crippen LogP contribution in [0.25, 0.3) is 5.82 Å². The van der Waals surface area contributed by atoms with Crippen LogP contribution in [-0.4, -0.2) is 26.0 Å². The van der Waals surface area contributed by atoms with Crippen LogP contribution in [0, 0.1) is 0 Å². The van der Waals surface area contributed by atoms with Gasteiger partial charge >= 0.3 is 0 Å². The molecule has 2 aromatic heterocycles. The van der Waals surface area contributed by atoms with Crippen molar-refractivity contribution in [1.29, 1.82) is 0 Å². The van der Waals surface area contributed by atoms with Gasteiger partial charge in [0.1, 0.15) is 6.33 Å². The van der Waals surface area contributed by atoms with E-state index in [0.29, 0.717) is 16.7 Å². The molecule has 0 unspecified atom stereocenters. The summed E-state index contributed by atoms with van der Waals surface area (Å²) >= 11 is 5.81. The molecule has 1 aromatic carbocycles. The molecule has 2 heterocycles. The lowest BCUT2D eigenvalue weighted by Gasteiger charge is -2.01. The predicted molar refractivity (Wildman–Crippen MR) is 81.8 cm³/mol. The molecule has 0 bridgehead atoms. The van der Waals surface area contributed by atoms with Crippen molar-refractivity contribution in [2.75, 3.05) is 5.43 Å². The summed E-state index contributed by atoms with van der Waals surface area (Å²) in [6.45, 7) is 0. The van der Waals surface area contributed by atoms with E-state index in [4.69, 9.17) is 11.6 Å². The first-order chi connectivity index (χ1) is 10.3. The van der Waals surface area contributed by atoms with Gasteiger partial charge in [-0.25, -0.2) is 4.98 Å². The number of hydrogen-bond donors (Lipinski definition) is 1. The lowest BCUT2D eigenvalue weighted by atomic mass is 10.2. The summed E-state index contributed by atoms with van der Waals surface area (Å²) in [7, 11) is 0. The van der Waals surface area contributed by atoms with E-state index in [1.54, 1.807) is 35.6 Å². The minimum absolute atomic E-state index is 0.559. The van der Waals surface area contributed by atoms with Crippen LogP contribution in [-0.2, 0) is 0 Å². The van der Waals surface area contributed by atoms with Crippen LogP contribution < -0.4 is 5.43 Å². The van der Waals surface area contributed by atoms with Crippen LogP contribution in [0.2, 0.25) is 5.02 Å². The molecule has 0 saturated carbocycles. The summed E-state index contributed by atoms with van der Waals surface area (Å²) in [4.78, 5) is 3.96. The van der Waals surface area contributed by atoms with E-state index in [9.17, 15) is 0 Å². The van der Waals surface area contributed by atoms with Crippen LogP contribution in [0.3, 0.4) is 0 Å². The number of anilines is 1. The number of nitrogens with zero attached hydrogens (tertiary/aromatic N) is 5. The summed E-state index contributed by atoms with van der Waals surface area (Å²) in [6.07, 6.45) is 6.83. The molecule has 3 aromatic rings. The predicted octanol–water partition coefficient (Wildman–Crippen LogP) is 2.76. The monoisotopic (exact) mass is 298 g/mol. The molecule has 0 aliphatic carbocycles. The molecule has 104 valence electrons. The van der Waals surface area contributed by atoms with E-state index >= 15 is 0 Å². The number of halogens is 1. The normalized spacial score (nSPS) is 10.9. The van der Waals surface area contributed by atoms with Gasteiger partial charge in [-0.15, -0.1) is 10.2 Å². The lowest BCUT2D eigenvalue weighted by molar-refractivity contribution is 0.911. The van der Waals surface area contributed by atoms with Crippen molar-refractivity contribution in [2.24, 2.45) is 5.10 Å². The Kier molecular flexibility index (Phi) is 3.88. The smallest absolute Gasteiger partial charge is 0.168 e. The van der Waals surface area contributed by atoms with Gasteiger partial charge in [-0.3, -0.25) is 9.99 Å². The quantitative estimate of drug-likeness (QED) is 0.594. The zero-order valence-corrected chi connectivity index (χ0v) is 11.6. The van der Waals surface area contributed by atoms with Crippen LogP contribution >= 0.6 is 11.6 Å². The standard InChI is InChI=1S/C14H11ClN6/c15-12-3-1-11(2-4-12)9-17-18-13-5-6-14(20-19-13)21-8-7-16-10-21/h1-10H,(H,18,19). The van der Waals surface area contributed by atoms with Gasteiger partial charge in [-0.1, -0.05) is 23.7 Å². The van der Waals surface area contributed by atoms with Crippen molar-refractivity contribution in [3.8, 4) is 5.82 Å². The molecule has 3 rings (SSSR count). The molecular formula is C14H11ClN6. The molecule has 0 atom stereocenters. The number of aromatic nitrogens is 4.